The number of nitrogens with one attached hydrogen (secondary N) is 2. The molecule has 2 aliphatic rings. The van der Waals surface area contributed by atoms with Crippen molar-refractivity contribution < 1.29 is 28.7 Å². The van der Waals surface area contributed by atoms with E-state index in [-0.39, 0.29) is 18.2 Å². The van der Waals surface area contributed by atoms with Crippen molar-refractivity contribution >= 4 is 23.8 Å². The fourth-order valence-corrected chi connectivity index (χ4v) is 4.82. The molecule has 1 spiro atoms. The van der Waals surface area contributed by atoms with E-state index in [1.807, 2.05) is 24.3 Å². The standard InChI is InChI=1S/C23H32N4O6/c1-5-25-22(31)33-19-18(20(29)24-2)23(26(3)21(19)30)10-12-27(13-11-23)17(28)14-15-6-8-16(32-4)9-7-15/h6-9,18-19H,5,10-14H2,1-4H3,(H,24,29)(H,25,31)/t18-,19+/m0/s1. The molecule has 0 radical (unpaired) electrons. The number of methoxy groups -OCH3 is 1. The Morgan fingerprint density at radius 1 is 1.15 bits per heavy atom. The Hall–Kier alpha value is -3.30. The molecule has 2 aliphatic heterocycles. The normalized spacial score (nSPS) is 21.6. The lowest BCUT2D eigenvalue weighted by Crippen LogP contribution is -2.58. The number of likely N-dealkylation sites (tertiary alicyclic amines) is 2. The molecule has 2 atom stereocenters. The van der Waals surface area contributed by atoms with E-state index in [9.17, 15) is 19.2 Å². The SMILES string of the molecule is CCNC(=O)O[C@H]1C(=O)N(C)C2(CCN(C(=O)Cc3ccc(OC)cc3)CC2)[C@@H]1C(=O)NC. The second-order valence-electron chi connectivity index (χ2n) is 8.35. The predicted molar refractivity (Wildman–Crippen MR) is 120 cm³/mol. The van der Waals surface area contributed by atoms with Gasteiger partial charge in [-0.25, -0.2) is 4.79 Å². The highest BCUT2D eigenvalue weighted by molar-refractivity contribution is 5.96. The minimum atomic E-state index is -1.21. The number of nitrogens with zero attached hydrogens (tertiary/aromatic N) is 2. The maximum absolute atomic E-state index is 13.0. The van der Waals surface area contributed by atoms with Crippen LogP contribution in [0, 0.1) is 5.92 Å². The van der Waals surface area contributed by atoms with Crippen LogP contribution >= 0.6 is 0 Å². The van der Waals surface area contributed by atoms with Crippen molar-refractivity contribution in [3.8, 4) is 5.75 Å². The van der Waals surface area contributed by atoms with E-state index in [0.29, 0.717) is 32.5 Å². The molecule has 2 N–H and O–H groups in total. The van der Waals surface area contributed by atoms with Gasteiger partial charge in [-0.05, 0) is 37.5 Å². The number of hydrogen-bond donors (Lipinski definition) is 2. The summed E-state index contributed by atoms with van der Waals surface area (Å²) < 4.78 is 10.5. The van der Waals surface area contributed by atoms with Crippen LogP contribution < -0.4 is 15.4 Å². The average Bonchev–Trinajstić information content (AvgIpc) is 3.01. The van der Waals surface area contributed by atoms with Crippen molar-refractivity contribution in [1.29, 1.82) is 0 Å². The van der Waals surface area contributed by atoms with Crippen LogP contribution in [0.3, 0.4) is 0 Å². The van der Waals surface area contributed by atoms with Crippen LogP contribution in [0.4, 0.5) is 4.79 Å². The molecule has 0 saturated carbocycles. The van der Waals surface area contributed by atoms with E-state index < -0.39 is 29.6 Å². The first kappa shape index (κ1) is 24.3. The van der Waals surface area contributed by atoms with Gasteiger partial charge in [-0.3, -0.25) is 14.4 Å². The molecular formula is C23H32N4O6. The molecule has 2 heterocycles. The highest BCUT2D eigenvalue weighted by Crippen LogP contribution is 2.44. The summed E-state index contributed by atoms with van der Waals surface area (Å²) in [6.45, 7) is 2.87. The molecule has 10 nitrogen and oxygen atoms in total. The Bertz CT molecular complexity index is 895. The maximum atomic E-state index is 13.0. The van der Waals surface area contributed by atoms with Gasteiger partial charge in [-0.15, -0.1) is 0 Å². The lowest BCUT2D eigenvalue weighted by atomic mass is 9.75. The van der Waals surface area contributed by atoms with Gasteiger partial charge in [0.15, 0.2) is 6.10 Å². The van der Waals surface area contributed by atoms with E-state index in [2.05, 4.69) is 10.6 Å². The lowest BCUT2D eigenvalue weighted by Gasteiger charge is -2.45. The van der Waals surface area contributed by atoms with Crippen molar-refractivity contribution in [3.05, 3.63) is 29.8 Å². The zero-order chi connectivity index (χ0) is 24.2. The molecule has 33 heavy (non-hydrogen) atoms. The summed E-state index contributed by atoms with van der Waals surface area (Å²) >= 11 is 0. The third-order valence-corrected chi connectivity index (χ3v) is 6.70. The summed E-state index contributed by atoms with van der Waals surface area (Å²) in [7, 11) is 4.72. The van der Waals surface area contributed by atoms with Gasteiger partial charge >= 0.3 is 6.09 Å². The summed E-state index contributed by atoms with van der Waals surface area (Å²) in [5.74, 6) is -0.924. The molecule has 3 rings (SSSR count). The monoisotopic (exact) mass is 460 g/mol. The van der Waals surface area contributed by atoms with Crippen molar-refractivity contribution in [1.82, 2.24) is 20.4 Å². The first-order valence-corrected chi connectivity index (χ1v) is 11.1. The Morgan fingerprint density at radius 3 is 2.33 bits per heavy atom. The van der Waals surface area contributed by atoms with Gasteiger partial charge in [0.1, 0.15) is 11.7 Å². The number of piperidine rings is 1. The number of hydrogen-bond acceptors (Lipinski definition) is 6. The molecular weight excluding hydrogens is 428 g/mol. The quantitative estimate of drug-likeness (QED) is 0.640. The Balaban J connectivity index is 1.73. The number of rotatable bonds is 6. The molecule has 2 fully saturated rings. The number of ether oxygens (including phenoxy) is 2. The largest absolute Gasteiger partial charge is 0.497 e. The number of alkyl carbamates (subject to hydrolysis) is 1. The minimum Gasteiger partial charge on any atom is -0.497 e. The molecule has 0 aliphatic carbocycles. The highest BCUT2D eigenvalue weighted by Gasteiger charge is 2.62. The molecule has 1 aromatic rings. The van der Waals surface area contributed by atoms with Crippen LogP contribution in [-0.4, -0.2) is 86.1 Å². The van der Waals surface area contributed by atoms with Crippen LogP contribution in [-0.2, 0) is 25.5 Å². The third kappa shape index (κ3) is 4.74. The average molecular weight is 461 g/mol. The molecule has 4 amide bonds. The number of carbonyl (C=O) groups is 4. The molecule has 10 heteroatoms. The second-order valence-corrected chi connectivity index (χ2v) is 8.35. The first-order chi connectivity index (χ1) is 15.8. The summed E-state index contributed by atoms with van der Waals surface area (Å²) in [6, 6.07) is 7.35. The van der Waals surface area contributed by atoms with E-state index >= 15 is 0 Å². The molecule has 180 valence electrons. The first-order valence-electron chi connectivity index (χ1n) is 11.1. The predicted octanol–water partition coefficient (Wildman–Crippen LogP) is 0.548. The van der Waals surface area contributed by atoms with Gasteiger partial charge in [0, 0.05) is 33.7 Å². The van der Waals surface area contributed by atoms with Gasteiger partial charge in [-0.1, -0.05) is 12.1 Å². The van der Waals surface area contributed by atoms with E-state index in [0.717, 1.165) is 11.3 Å². The van der Waals surface area contributed by atoms with E-state index in [4.69, 9.17) is 9.47 Å². The summed E-state index contributed by atoms with van der Waals surface area (Å²) in [6.07, 6.45) is -0.855. The second kappa shape index (κ2) is 10.1. The summed E-state index contributed by atoms with van der Waals surface area (Å²) in [5, 5.41) is 5.12. The van der Waals surface area contributed by atoms with Crippen molar-refractivity contribution in [2.45, 2.75) is 37.8 Å². The van der Waals surface area contributed by atoms with Gasteiger partial charge in [0.05, 0.1) is 19.1 Å². The third-order valence-electron chi connectivity index (χ3n) is 6.70. The molecule has 0 aromatic heterocycles. The fourth-order valence-electron chi connectivity index (χ4n) is 4.82. The zero-order valence-electron chi connectivity index (χ0n) is 19.6. The lowest BCUT2D eigenvalue weighted by molar-refractivity contribution is -0.137. The van der Waals surface area contributed by atoms with Gasteiger partial charge in [-0.2, -0.15) is 0 Å². The van der Waals surface area contributed by atoms with Crippen molar-refractivity contribution in [3.63, 3.8) is 0 Å². The molecule has 0 bridgehead atoms. The summed E-state index contributed by atoms with van der Waals surface area (Å²) in [5.41, 5.74) is 0.0542. The Labute approximate surface area is 193 Å². The van der Waals surface area contributed by atoms with Crippen LogP contribution in [0.2, 0.25) is 0 Å². The maximum Gasteiger partial charge on any atom is 0.407 e. The van der Waals surface area contributed by atoms with E-state index in [1.165, 1.54) is 11.9 Å². The number of amides is 4. The number of carbonyl (C=O) groups excluding carboxylic acids is 4. The van der Waals surface area contributed by atoms with Gasteiger partial charge < -0.3 is 29.9 Å². The smallest absolute Gasteiger partial charge is 0.407 e. The topological polar surface area (TPSA) is 117 Å². The zero-order valence-corrected chi connectivity index (χ0v) is 19.6. The Kier molecular flexibility index (Phi) is 7.45. The van der Waals surface area contributed by atoms with Gasteiger partial charge in [0.2, 0.25) is 11.8 Å². The number of benzene rings is 1. The minimum absolute atomic E-state index is 0.0198. The van der Waals surface area contributed by atoms with Crippen LogP contribution in [0.15, 0.2) is 24.3 Å². The molecule has 1 aromatic carbocycles. The van der Waals surface area contributed by atoms with Gasteiger partial charge in [0.25, 0.3) is 5.91 Å². The number of likely N-dealkylation sites (N-methyl/N-ethyl adjacent to an activating group) is 1. The van der Waals surface area contributed by atoms with Crippen molar-refractivity contribution in [2.75, 3.05) is 40.8 Å². The Morgan fingerprint density at radius 2 is 1.79 bits per heavy atom. The highest BCUT2D eigenvalue weighted by atomic mass is 16.6. The summed E-state index contributed by atoms with van der Waals surface area (Å²) in [4.78, 5) is 54.1. The molecule has 0 unspecified atom stereocenters. The van der Waals surface area contributed by atoms with Crippen LogP contribution in [0.5, 0.6) is 5.75 Å². The fraction of sp³-hybridized carbons (Fsp3) is 0.565. The molecule has 2 saturated heterocycles. The van der Waals surface area contributed by atoms with Crippen LogP contribution in [0.1, 0.15) is 25.3 Å². The van der Waals surface area contributed by atoms with E-state index in [1.54, 1.807) is 26.0 Å². The van der Waals surface area contributed by atoms with Crippen LogP contribution in [0.25, 0.3) is 0 Å². The van der Waals surface area contributed by atoms with Crippen molar-refractivity contribution in [2.24, 2.45) is 5.92 Å².